The highest BCUT2D eigenvalue weighted by atomic mass is 32.1. The van der Waals surface area contributed by atoms with Gasteiger partial charge in [-0.3, -0.25) is 4.79 Å². The number of hydrogen-bond acceptors (Lipinski definition) is 3. The minimum absolute atomic E-state index is 0.167. The summed E-state index contributed by atoms with van der Waals surface area (Å²) in [5.41, 5.74) is 6.97. The summed E-state index contributed by atoms with van der Waals surface area (Å²) in [5.74, 6) is 0.412. The molecule has 16 heavy (non-hydrogen) atoms. The fourth-order valence-electron chi connectivity index (χ4n) is 2.03. The highest BCUT2D eigenvalue weighted by Gasteiger charge is 2.33. The Morgan fingerprint density at radius 1 is 1.62 bits per heavy atom. The lowest BCUT2D eigenvalue weighted by Crippen LogP contribution is -2.45. The molecule has 1 amide bonds. The lowest BCUT2D eigenvalue weighted by atomic mass is 9.80. The van der Waals surface area contributed by atoms with Gasteiger partial charge in [0, 0.05) is 23.9 Å². The molecule has 1 saturated carbocycles. The Bertz CT molecular complexity index is 382. The Morgan fingerprint density at radius 3 is 2.81 bits per heavy atom. The second kappa shape index (κ2) is 4.55. The first kappa shape index (κ1) is 11.6. The summed E-state index contributed by atoms with van der Waals surface area (Å²) < 4.78 is 0. The normalized spacial score (nSPS) is 23.9. The first-order chi connectivity index (χ1) is 7.58. The highest BCUT2D eigenvalue weighted by Crippen LogP contribution is 2.28. The van der Waals surface area contributed by atoms with E-state index in [1.54, 1.807) is 11.3 Å². The van der Waals surface area contributed by atoms with Crippen LogP contribution >= 0.6 is 11.3 Å². The molecule has 0 unspecified atom stereocenters. The van der Waals surface area contributed by atoms with Crippen molar-refractivity contribution >= 4 is 17.2 Å². The van der Waals surface area contributed by atoms with Gasteiger partial charge >= 0.3 is 0 Å². The van der Waals surface area contributed by atoms with Crippen molar-refractivity contribution < 1.29 is 4.79 Å². The van der Waals surface area contributed by atoms with E-state index in [2.05, 4.69) is 18.4 Å². The standard InChI is InChI=1S/C12H18N2OS/c1-8-3-4-16-11(8)7-14(2)12(15)9-5-10(13)6-9/h3-4,9-10H,5-7,13H2,1-2H3. The molecule has 88 valence electrons. The van der Waals surface area contributed by atoms with Gasteiger partial charge in [-0.1, -0.05) is 0 Å². The molecule has 1 aromatic rings. The van der Waals surface area contributed by atoms with Crippen LogP contribution in [0.25, 0.3) is 0 Å². The van der Waals surface area contributed by atoms with Crippen molar-refractivity contribution in [1.29, 1.82) is 0 Å². The number of carbonyl (C=O) groups is 1. The van der Waals surface area contributed by atoms with Gasteiger partial charge in [-0.15, -0.1) is 11.3 Å². The molecule has 0 saturated heterocycles. The summed E-state index contributed by atoms with van der Waals surface area (Å²) in [6.45, 7) is 2.82. The fourth-order valence-corrected chi connectivity index (χ4v) is 2.99. The summed E-state index contributed by atoms with van der Waals surface area (Å²) >= 11 is 1.71. The van der Waals surface area contributed by atoms with Crippen LogP contribution in [-0.4, -0.2) is 23.9 Å². The van der Waals surface area contributed by atoms with Crippen molar-refractivity contribution in [1.82, 2.24) is 4.90 Å². The van der Waals surface area contributed by atoms with E-state index >= 15 is 0 Å². The zero-order chi connectivity index (χ0) is 11.7. The van der Waals surface area contributed by atoms with Crippen molar-refractivity contribution in [3.8, 4) is 0 Å². The van der Waals surface area contributed by atoms with Crippen LogP contribution in [0.4, 0.5) is 0 Å². The summed E-state index contributed by atoms with van der Waals surface area (Å²) in [4.78, 5) is 15.1. The van der Waals surface area contributed by atoms with Crippen LogP contribution in [0.15, 0.2) is 11.4 Å². The summed E-state index contributed by atoms with van der Waals surface area (Å²) in [7, 11) is 1.88. The minimum atomic E-state index is 0.167. The van der Waals surface area contributed by atoms with Crippen LogP contribution < -0.4 is 5.73 Å². The fraction of sp³-hybridized carbons (Fsp3) is 0.583. The topological polar surface area (TPSA) is 46.3 Å². The lowest BCUT2D eigenvalue weighted by Gasteiger charge is -2.34. The van der Waals surface area contributed by atoms with E-state index in [9.17, 15) is 4.79 Å². The predicted molar refractivity (Wildman–Crippen MR) is 66.2 cm³/mol. The van der Waals surface area contributed by atoms with E-state index in [0.29, 0.717) is 0 Å². The van der Waals surface area contributed by atoms with Crippen molar-refractivity contribution in [3.05, 3.63) is 21.9 Å². The minimum Gasteiger partial charge on any atom is -0.340 e. The number of carbonyl (C=O) groups excluding carboxylic acids is 1. The monoisotopic (exact) mass is 238 g/mol. The van der Waals surface area contributed by atoms with Gasteiger partial charge in [0.15, 0.2) is 0 Å². The average Bonchev–Trinajstić information content (AvgIpc) is 2.59. The molecule has 2 rings (SSSR count). The van der Waals surface area contributed by atoms with E-state index in [1.807, 2.05) is 11.9 Å². The summed E-state index contributed by atoms with van der Waals surface area (Å²) in [6, 6.07) is 2.34. The molecule has 4 heteroatoms. The van der Waals surface area contributed by atoms with E-state index in [1.165, 1.54) is 10.4 Å². The number of nitrogens with zero attached hydrogens (tertiary/aromatic N) is 1. The second-order valence-corrected chi connectivity index (χ2v) is 5.65. The number of amides is 1. The van der Waals surface area contributed by atoms with E-state index < -0.39 is 0 Å². The van der Waals surface area contributed by atoms with Crippen molar-refractivity contribution in [2.75, 3.05) is 7.05 Å². The molecular formula is C12H18N2OS. The largest absolute Gasteiger partial charge is 0.340 e. The molecule has 1 aromatic heterocycles. The molecule has 0 spiro atoms. The molecule has 0 atom stereocenters. The first-order valence-electron chi connectivity index (χ1n) is 5.61. The molecule has 1 heterocycles. The Morgan fingerprint density at radius 2 is 2.31 bits per heavy atom. The number of nitrogens with two attached hydrogens (primary N) is 1. The molecule has 0 bridgehead atoms. The van der Waals surface area contributed by atoms with E-state index in [0.717, 1.165) is 19.4 Å². The maximum absolute atomic E-state index is 12.0. The number of hydrogen-bond donors (Lipinski definition) is 1. The van der Waals surface area contributed by atoms with Crippen molar-refractivity contribution in [3.63, 3.8) is 0 Å². The Labute approximate surface area is 100 Å². The van der Waals surface area contributed by atoms with Crippen molar-refractivity contribution in [2.45, 2.75) is 32.4 Å². The second-order valence-electron chi connectivity index (χ2n) is 4.65. The van der Waals surface area contributed by atoms with Gasteiger partial charge in [-0.05, 0) is 36.8 Å². The zero-order valence-corrected chi connectivity index (χ0v) is 10.6. The smallest absolute Gasteiger partial charge is 0.225 e. The third-order valence-electron chi connectivity index (χ3n) is 3.25. The number of rotatable bonds is 3. The van der Waals surface area contributed by atoms with Crippen LogP contribution in [0.1, 0.15) is 23.3 Å². The summed E-state index contributed by atoms with van der Waals surface area (Å²) in [5, 5.41) is 2.07. The van der Waals surface area contributed by atoms with Crippen LogP contribution in [0.3, 0.4) is 0 Å². The Hall–Kier alpha value is -0.870. The first-order valence-corrected chi connectivity index (χ1v) is 6.49. The highest BCUT2D eigenvalue weighted by molar-refractivity contribution is 7.10. The predicted octanol–water partition coefficient (Wildman–Crippen LogP) is 1.75. The Balaban J connectivity index is 1.91. The third kappa shape index (κ3) is 2.28. The Kier molecular flexibility index (Phi) is 3.30. The molecule has 1 aliphatic rings. The summed E-state index contributed by atoms with van der Waals surface area (Å²) in [6.07, 6.45) is 1.71. The van der Waals surface area contributed by atoms with Crippen LogP contribution in [-0.2, 0) is 11.3 Å². The molecule has 3 nitrogen and oxygen atoms in total. The van der Waals surface area contributed by atoms with Gasteiger partial charge in [-0.25, -0.2) is 0 Å². The lowest BCUT2D eigenvalue weighted by molar-refractivity contribution is -0.137. The third-order valence-corrected chi connectivity index (χ3v) is 4.26. The zero-order valence-electron chi connectivity index (χ0n) is 9.77. The van der Waals surface area contributed by atoms with E-state index in [4.69, 9.17) is 5.73 Å². The molecule has 1 fully saturated rings. The molecular weight excluding hydrogens is 220 g/mol. The SMILES string of the molecule is Cc1ccsc1CN(C)C(=O)C1CC(N)C1. The van der Waals surface area contributed by atoms with E-state index in [-0.39, 0.29) is 17.9 Å². The molecule has 0 aromatic carbocycles. The molecule has 0 radical (unpaired) electrons. The van der Waals surface area contributed by atoms with Gasteiger partial charge in [0.1, 0.15) is 0 Å². The van der Waals surface area contributed by atoms with Crippen LogP contribution in [0.5, 0.6) is 0 Å². The van der Waals surface area contributed by atoms with Crippen LogP contribution in [0.2, 0.25) is 0 Å². The van der Waals surface area contributed by atoms with Gasteiger partial charge in [0.2, 0.25) is 5.91 Å². The quantitative estimate of drug-likeness (QED) is 0.872. The van der Waals surface area contributed by atoms with Gasteiger partial charge in [0.25, 0.3) is 0 Å². The van der Waals surface area contributed by atoms with Gasteiger partial charge in [0.05, 0.1) is 6.54 Å². The molecule has 0 aliphatic heterocycles. The van der Waals surface area contributed by atoms with Gasteiger partial charge < -0.3 is 10.6 Å². The maximum atomic E-state index is 12.0. The van der Waals surface area contributed by atoms with Crippen molar-refractivity contribution in [2.24, 2.45) is 11.7 Å². The van der Waals surface area contributed by atoms with Gasteiger partial charge in [-0.2, -0.15) is 0 Å². The number of thiophene rings is 1. The van der Waals surface area contributed by atoms with Crippen LogP contribution in [0, 0.1) is 12.8 Å². The molecule has 1 aliphatic carbocycles. The maximum Gasteiger partial charge on any atom is 0.225 e. The average molecular weight is 238 g/mol. The molecule has 2 N–H and O–H groups in total. The number of aryl methyl sites for hydroxylation is 1.